The summed E-state index contributed by atoms with van der Waals surface area (Å²) in [6, 6.07) is 6.37. The molecule has 1 aromatic carbocycles. The van der Waals surface area contributed by atoms with E-state index in [4.69, 9.17) is 0 Å². The Balaban J connectivity index is 1.53. The van der Waals surface area contributed by atoms with Gasteiger partial charge in [-0.1, -0.05) is 12.1 Å². The summed E-state index contributed by atoms with van der Waals surface area (Å²) < 4.78 is 12.9. The standard InChI is InChI=1S/C18H20FN3O2S/c1-12(23)22-8-6-14(7-9-22)17(24)21-18-20-11-16(25-18)10-13-2-4-15(19)5-3-13/h2-5,11,14H,6-10H2,1H3,(H,20,21,24). The number of aromatic nitrogens is 1. The van der Waals surface area contributed by atoms with Gasteiger partial charge in [-0.15, -0.1) is 11.3 Å². The van der Waals surface area contributed by atoms with Gasteiger partial charge >= 0.3 is 0 Å². The summed E-state index contributed by atoms with van der Waals surface area (Å²) in [4.78, 5) is 30.7. The number of nitrogens with one attached hydrogen (secondary N) is 1. The van der Waals surface area contributed by atoms with Gasteiger partial charge in [0.05, 0.1) is 0 Å². The highest BCUT2D eigenvalue weighted by Crippen LogP contribution is 2.24. The molecule has 1 saturated heterocycles. The number of piperidine rings is 1. The smallest absolute Gasteiger partial charge is 0.229 e. The van der Waals surface area contributed by atoms with E-state index in [2.05, 4.69) is 10.3 Å². The molecule has 2 amide bonds. The summed E-state index contributed by atoms with van der Waals surface area (Å²) in [5, 5.41) is 3.46. The maximum atomic E-state index is 12.9. The van der Waals surface area contributed by atoms with E-state index in [1.165, 1.54) is 23.5 Å². The van der Waals surface area contributed by atoms with Gasteiger partial charge in [0, 0.05) is 43.4 Å². The molecule has 0 bridgehead atoms. The third-order valence-electron chi connectivity index (χ3n) is 4.39. The Kier molecular flexibility index (Phi) is 5.43. The Morgan fingerprint density at radius 3 is 2.60 bits per heavy atom. The van der Waals surface area contributed by atoms with Crippen molar-refractivity contribution in [3.63, 3.8) is 0 Å². The molecule has 132 valence electrons. The second kappa shape index (κ2) is 7.74. The van der Waals surface area contributed by atoms with Gasteiger partial charge in [-0.2, -0.15) is 0 Å². The predicted molar refractivity (Wildman–Crippen MR) is 94.9 cm³/mol. The molecule has 1 aliphatic heterocycles. The summed E-state index contributed by atoms with van der Waals surface area (Å²) in [6.45, 7) is 2.81. The van der Waals surface area contributed by atoms with Crippen LogP contribution in [0.2, 0.25) is 0 Å². The first-order chi connectivity index (χ1) is 12.0. The first-order valence-electron chi connectivity index (χ1n) is 8.27. The normalized spacial score (nSPS) is 15.2. The van der Waals surface area contributed by atoms with Crippen LogP contribution in [0, 0.1) is 11.7 Å². The van der Waals surface area contributed by atoms with Crippen LogP contribution in [0.1, 0.15) is 30.2 Å². The van der Waals surface area contributed by atoms with E-state index in [0.29, 0.717) is 37.5 Å². The van der Waals surface area contributed by atoms with Gasteiger partial charge < -0.3 is 10.2 Å². The van der Waals surface area contributed by atoms with E-state index in [-0.39, 0.29) is 23.5 Å². The lowest BCUT2D eigenvalue weighted by Gasteiger charge is -2.30. The van der Waals surface area contributed by atoms with Gasteiger partial charge in [0.15, 0.2) is 5.13 Å². The Labute approximate surface area is 149 Å². The molecular weight excluding hydrogens is 341 g/mol. The number of likely N-dealkylation sites (tertiary alicyclic amines) is 1. The van der Waals surface area contributed by atoms with Crippen molar-refractivity contribution in [2.45, 2.75) is 26.2 Å². The molecule has 0 saturated carbocycles. The third-order valence-corrected chi connectivity index (χ3v) is 5.30. The molecule has 0 radical (unpaired) electrons. The minimum absolute atomic E-state index is 0.0362. The number of hydrogen-bond acceptors (Lipinski definition) is 4. The number of thiazole rings is 1. The molecule has 1 fully saturated rings. The van der Waals surface area contributed by atoms with Gasteiger partial charge in [0.2, 0.25) is 11.8 Å². The maximum Gasteiger partial charge on any atom is 0.229 e. The second-order valence-electron chi connectivity index (χ2n) is 6.20. The van der Waals surface area contributed by atoms with Gasteiger partial charge in [-0.05, 0) is 30.5 Å². The largest absolute Gasteiger partial charge is 0.343 e. The summed E-state index contributed by atoms with van der Waals surface area (Å²) in [5.74, 6) is -0.313. The van der Waals surface area contributed by atoms with Crippen molar-refractivity contribution < 1.29 is 14.0 Å². The quantitative estimate of drug-likeness (QED) is 0.910. The van der Waals surface area contributed by atoms with Crippen LogP contribution in [0.15, 0.2) is 30.5 Å². The number of halogens is 1. The number of carbonyl (C=O) groups excluding carboxylic acids is 2. The van der Waals surface area contributed by atoms with Crippen LogP contribution in [0.5, 0.6) is 0 Å². The highest BCUT2D eigenvalue weighted by Gasteiger charge is 2.26. The minimum atomic E-state index is -0.253. The highest BCUT2D eigenvalue weighted by molar-refractivity contribution is 7.15. The van der Waals surface area contributed by atoms with Crippen molar-refractivity contribution in [1.29, 1.82) is 0 Å². The average Bonchev–Trinajstić information content (AvgIpc) is 3.04. The molecule has 25 heavy (non-hydrogen) atoms. The van der Waals surface area contributed by atoms with Crippen molar-refractivity contribution in [3.8, 4) is 0 Å². The van der Waals surface area contributed by atoms with E-state index in [0.717, 1.165) is 10.4 Å². The summed E-state index contributed by atoms with van der Waals surface area (Å²) in [5.41, 5.74) is 1.000. The fraction of sp³-hybridized carbons (Fsp3) is 0.389. The van der Waals surface area contributed by atoms with Crippen LogP contribution in [-0.2, 0) is 16.0 Å². The first kappa shape index (κ1) is 17.5. The van der Waals surface area contributed by atoms with Crippen LogP contribution in [-0.4, -0.2) is 34.8 Å². The minimum Gasteiger partial charge on any atom is -0.343 e. The van der Waals surface area contributed by atoms with E-state index in [1.807, 2.05) is 0 Å². The zero-order valence-electron chi connectivity index (χ0n) is 14.0. The molecule has 0 atom stereocenters. The zero-order valence-corrected chi connectivity index (χ0v) is 14.8. The molecule has 1 aromatic heterocycles. The predicted octanol–water partition coefficient (Wildman–Crippen LogP) is 3.07. The Morgan fingerprint density at radius 1 is 1.28 bits per heavy atom. The topological polar surface area (TPSA) is 62.3 Å². The monoisotopic (exact) mass is 361 g/mol. The van der Waals surface area contributed by atoms with Crippen LogP contribution >= 0.6 is 11.3 Å². The third kappa shape index (κ3) is 4.63. The Hall–Kier alpha value is -2.28. The van der Waals surface area contributed by atoms with Crippen molar-refractivity contribution in [2.75, 3.05) is 18.4 Å². The van der Waals surface area contributed by atoms with E-state index in [1.54, 1.807) is 30.2 Å². The number of rotatable bonds is 4. The van der Waals surface area contributed by atoms with Crippen LogP contribution < -0.4 is 5.32 Å². The fourth-order valence-electron chi connectivity index (χ4n) is 2.91. The van der Waals surface area contributed by atoms with Gasteiger partial charge in [0.25, 0.3) is 0 Å². The highest BCUT2D eigenvalue weighted by atomic mass is 32.1. The average molecular weight is 361 g/mol. The Morgan fingerprint density at radius 2 is 1.96 bits per heavy atom. The fourth-order valence-corrected chi connectivity index (χ4v) is 3.76. The molecule has 2 heterocycles. The van der Waals surface area contributed by atoms with E-state index in [9.17, 15) is 14.0 Å². The molecular formula is C18H20FN3O2S. The lowest BCUT2D eigenvalue weighted by molar-refractivity contribution is -0.132. The Bertz CT molecular complexity index is 752. The molecule has 1 N–H and O–H groups in total. The molecule has 5 nitrogen and oxygen atoms in total. The van der Waals surface area contributed by atoms with Gasteiger partial charge in [-0.25, -0.2) is 9.37 Å². The van der Waals surface area contributed by atoms with Crippen molar-refractivity contribution in [2.24, 2.45) is 5.92 Å². The maximum absolute atomic E-state index is 12.9. The summed E-state index contributed by atoms with van der Waals surface area (Å²) in [6.07, 6.45) is 3.76. The van der Waals surface area contributed by atoms with E-state index < -0.39 is 0 Å². The number of hydrogen-bond donors (Lipinski definition) is 1. The number of nitrogens with zero attached hydrogens (tertiary/aromatic N) is 2. The number of benzene rings is 1. The van der Waals surface area contributed by atoms with Crippen LogP contribution in [0.3, 0.4) is 0 Å². The lowest BCUT2D eigenvalue weighted by atomic mass is 9.96. The SMILES string of the molecule is CC(=O)N1CCC(C(=O)Nc2ncc(Cc3ccc(F)cc3)s2)CC1. The summed E-state index contributed by atoms with van der Waals surface area (Å²) >= 11 is 1.43. The van der Waals surface area contributed by atoms with E-state index >= 15 is 0 Å². The first-order valence-corrected chi connectivity index (χ1v) is 9.08. The lowest BCUT2D eigenvalue weighted by Crippen LogP contribution is -2.40. The van der Waals surface area contributed by atoms with Crippen molar-refractivity contribution >= 4 is 28.3 Å². The van der Waals surface area contributed by atoms with Gasteiger partial charge in [0.1, 0.15) is 5.82 Å². The number of carbonyl (C=O) groups is 2. The molecule has 0 unspecified atom stereocenters. The molecule has 0 aliphatic carbocycles. The number of anilines is 1. The van der Waals surface area contributed by atoms with Crippen LogP contribution in [0.25, 0.3) is 0 Å². The van der Waals surface area contributed by atoms with Crippen LogP contribution in [0.4, 0.5) is 9.52 Å². The van der Waals surface area contributed by atoms with Crippen molar-refractivity contribution in [1.82, 2.24) is 9.88 Å². The summed E-state index contributed by atoms with van der Waals surface area (Å²) in [7, 11) is 0. The number of amides is 2. The molecule has 2 aromatic rings. The molecule has 0 spiro atoms. The molecule has 7 heteroatoms. The molecule has 3 rings (SSSR count). The molecule has 1 aliphatic rings. The second-order valence-corrected chi connectivity index (χ2v) is 7.32. The van der Waals surface area contributed by atoms with Gasteiger partial charge in [-0.3, -0.25) is 9.59 Å². The van der Waals surface area contributed by atoms with Crippen molar-refractivity contribution in [3.05, 3.63) is 46.7 Å². The zero-order chi connectivity index (χ0) is 17.8.